The van der Waals surface area contributed by atoms with Crippen LogP contribution in [-0.4, -0.2) is 35.3 Å². The van der Waals surface area contributed by atoms with Gasteiger partial charge in [0.05, 0.1) is 30.1 Å². The minimum atomic E-state index is -0.341. The summed E-state index contributed by atoms with van der Waals surface area (Å²) in [7, 11) is 1.55. The van der Waals surface area contributed by atoms with E-state index in [1.54, 1.807) is 30.6 Å². The maximum absolute atomic E-state index is 12.5. The number of rotatable bonds is 7. The molecule has 2 N–H and O–H groups in total. The van der Waals surface area contributed by atoms with Crippen molar-refractivity contribution in [3.8, 4) is 0 Å². The fraction of sp³-hybridized carbons (Fsp3) is 0.167. The summed E-state index contributed by atoms with van der Waals surface area (Å²) in [6.07, 6.45) is 1.54. The van der Waals surface area contributed by atoms with Gasteiger partial charge in [0.1, 0.15) is 11.5 Å². The highest BCUT2D eigenvalue weighted by Crippen LogP contribution is 2.27. The van der Waals surface area contributed by atoms with Crippen LogP contribution in [0.2, 0.25) is 5.02 Å². The molecule has 3 aromatic rings. The molecule has 0 radical (unpaired) electrons. The monoisotopic (exact) mass is 404 g/mol. The van der Waals surface area contributed by atoms with Gasteiger partial charge in [-0.2, -0.15) is 0 Å². The number of hydrogen-bond donors (Lipinski definition) is 2. The van der Waals surface area contributed by atoms with Crippen molar-refractivity contribution in [2.75, 3.05) is 18.9 Å². The van der Waals surface area contributed by atoms with E-state index in [2.05, 4.69) is 15.6 Å². The molecule has 7 nitrogen and oxygen atoms in total. The number of nitrogens with zero attached hydrogens (tertiary/aromatic N) is 2. The average molecular weight is 405 g/mol. The molecule has 0 fully saturated rings. The molecule has 9 heteroatoms. The zero-order valence-electron chi connectivity index (χ0n) is 14.4. The summed E-state index contributed by atoms with van der Waals surface area (Å²) in [5.41, 5.74) is 0.967. The molecule has 1 aromatic carbocycles. The van der Waals surface area contributed by atoms with E-state index in [0.29, 0.717) is 21.6 Å². The fourth-order valence-corrected chi connectivity index (χ4v) is 3.12. The van der Waals surface area contributed by atoms with Gasteiger partial charge < -0.3 is 20.0 Å². The molecule has 2 aromatic heterocycles. The molecular formula is C18H17ClN4O3S. The maximum atomic E-state index is 12.5. The highest BCUT2D eigenvalue weighted by Gasteiger charge is 2.18. The van der Waals surface area contributed by atoms with Crippen LogP contribution in [0.4, 0.5) is 10.8 Å². The van der Waals surface area contributed by atoms with E-state index < -0.39 is 0 Å². The van der Waals surface area contributed by atoms with Crippen LogP contribution in [0.5, 0.6) is 0 Å². The Bertz CT molecular complexity index is 926. The Hall–Kier alpha value is -2.84. The Balaban J connectivity index is 1.54. The molecule has 0 unspecified atom stereocenters. The minimum absolute atomic E-state index is 0.0790. The van der Waals surface area contributed by atoms with Gasteiger partial charge >= 0.3 is 0 Å². The summed E-state index contributed by atoms with van der Waals surface area (Å²) in [6.45, 7) is 0.195. The molecule has 0 saturated carbocycles. The van der Waals surface area contributed by atoms with Crippen LogP contribution < -0.4 is 10.6 Å². The third-order valence-electron chi connectivity index (χ3n) is 3.61. The van der Waals surface area contributed by atoms with Crippen molar-refractivity contribution in [1.82, 2.24) is 15.2 Å². The molecule has 0 bridgehead atoms. The molecule has 0 spiro atoms. The predicted molar refractivity (Wildman–Crippen MR) is 104 cm³/mol. The highest BCUT2D eigenvalue weighted by molar-refractivity contribution is 7.14. The molecular weight excluding hydrogens is 388 g/mol. The molecule has 0 aliphatic rings. The number of likely N-dealkylation sites (N-methyl/N-ethyl adjacent to an activating group) is 1. The number of benzene rings is 1. The van der Waals surface area contributed by atoms with Crippen molar-refractivity contribution in [3.63, 3.8) is 0 Å². The first-order valence-electron chi connectivity index (χ1n) is 8.04. The first-order chi connectivity index (χ1) is 13.0. The van der Waals surface area contributed by atoms with Gasteiger partial charge in [0, 0.05) is 12.4 Å². The van der Waals surface area contributed by atoms with Crippen LogP contribution in [0.1, 0.15) is 16.2 Å². The standard InChI is InChI=1S/C18H17ClN4O3S/c1-23(10-16(24)20-9-12-5-4-8-26-12)17(25)15-11-27-18(22-15)21-14-7-3-2-6-13(14)19/h2-8,11H,9-10H2,1H3,(H,20,24)(H,21,22). The molecule has 27 heavy (non-hydrogen) atoms. The second-order valence-corrected chi connectivity index (χ2v) is 6.93. The Labute approximate surface area is 165 Å². The van der Waals surface area contributed by atoms with Gasteiger partial charge in [-0.25, -0.2) is 4.98 Å². The van der Waals surface area contributed by atoms with Crippen LogP contribution in [0.15, 0.2) is 52.5 Å². The van der Waals surface area contributed by atoms with Crippen molar-refractivity contribution in [2.24, 2.45) is 0 Å². The molecule has 3 rings (SSSR count). The summed E-state index contributed by atoms with van der Waals surface area (Å²) in [6, 6.07) is 10.8. The number of nitrogens with one attached hydrogen (secondary N) is 2. The van der Waals surface area contributed by atoms with E-state index >= 15 is 0 Å². The first kappa shape index (κ1) is 18.9. The number of para-hydroxylation sites is 1. The smallest absolute Gasteiger partial charge is 0.273 e. The lowest BCUT2D eigenvalue weighted by molar-refractivity contribution is -0.121. The lowest BCUT2D eigenvalue weighted by Gasteiger charge is -2.15. The fourth-order valence-electron chi connectivity index (χ4n) is 2.24. The quantitative estimate of drug-likeness (QED) is 0.629. The lowest BCUT2D eigenvalue weighted by Crippen LogP contribution is -2.38. The topological polar surface area (TPSA) is 87.5 Å². The zero-order valence-corrected chi connectivity index (χ0v) is 16.0. The van der Waals surface area contributed by atoms with Gasteiger partial charge in [-0.05, 0) is 24.3 Å². The van der Waals surface area contributed by atoms with Gasteiger partial charge in [-0.3, -0.25) is 9.59 Å². The molecule has 140 valence electrons. The normalized spacial score (nSPS) is 10.4. The number of carbonyl (C=O) groups is 2. The Kier molecular flexibility index (Phi) is 6.10. The largest absolute Gasteiger partial charge is 0.467 e. The van der Waals surface area contributed by atoms with Gasteiger partial charge in [-0.1, -0.05) is 23.7 Å². The van der Waals surface area contributed by atoms with E-state index in [4.69, 9.17) is 16.0 Å². The third kappa shape index (κ3) is 5.08. The number of amides is 2. The number of thiazole rings is 1. The molecule has 2 amide bonds. The molecule has 0 aliphatic heterocycles. The van der Waals surface area contributed by atoms with Crippen molar-refractivity contribution in [2.45, 2.75) is 6.54 Å². The zero-order chi connectivity index (χ0) is 19.2. The van der Waals surface area contributed by atoms with Crippen LogP contribution >= 0.6 is 22.9 Å². The second-order valence-electron chi connectivity index (χ2n) is 5.66. The van der Waals surface area contributed by atoms with Crippen LogP contribution in [0.3, 0.4) is 0 Å². The highest BCUT2D eigenvalue weighted by atomic mass is 35.5. The van der Waals surface area contributed by atoms with E-state index in [9.17, 15) is 9.59 Å². The Morgan fingerprint density at radius 3 is 2.81 bits per heavy atom. The van der Waals surface area contributed by atoms with Crippen molar-refractivity contribution >= 4 is 45.6 Å². The summed E-state index contributed by atoms with van der Waals surface area (Å²) in [4.78, 5) is 30.0. The van der Waals surface area contributed by atoms with Gasteiger partial charge in [0.25, 0.3) is 5.91 Å². The van der Waals surface area contributed by atoms with Gasteiger partial charge in [0.15, 0.2) is 5.13 Å². The Morgan fingerprint density at radius 1 is 1.26 bits per heavy atom. The number of carbonyl (C=O) groups excluding carboxylic acids is 2. The SMILES string of the molecule is CN(CC(=O)NCc1ccco1)C(=O)c1csc(Nc2ccccc2Cl)n1. The number of aromatic nitrogens is 1. The van der Waals surface area contributed by atoms with E-state index in [-0.39, 0.29) is 30.6 Å². The molecule has 0 atom stereocenters. The second kappa shape index (κ2) is 8.70. The minimum Gasteiger partial charge on any atom is -0.467 e. The van der Waals surface area contributed by atoms with Crippen LogP contribution in [0, 0.1) is 0 Å². The van der Waals surface area contributed by atoms with Gasteiger partial charge in [-0.15, -0.1) is 11.3 Å². The number of anilines is 2. The van der Waals surface area contributed by atoms with Crippen LogP contribution in [-0.2, 0) is 11.3 Å². The maximum Gasteiger partial charge on any atom is 0.273 e. The van der Waals surface area contributed by atoms with Crippen molar-refractivity contribution < 1.29 is 14.0 Å². The predicted octanol–water partition coefficient (Wildman–Crippen LogP) is 3.52. The molecule has 0 aliphatic carbocycles. The van der Waals surface area contributed by atoms with E-state index in [1.807, 2.05) is 18.2 Å². The first-order valence-corrected chi connectivity index (χ1v) is 9.30. The van der Waals surface area contributed by atoms with Crippen LogP contribution in [0.25, 0.3) is 0 Å². The average Bonchev–Trinajstić information content (AvgIpc) is 3.33. The Morgan fingerprint density at radius 2 is 2.07 bits per heavy atom. The number of hydrogen-bond acceptors (Lipinski definition) is 6. The third-order valence-corrected chi connectivity index (χ3v) is 4.69. The molecule has 0 saturated heterocycles. The van der Waals surface area contributed by atoms with Crippen molar-refractivity contribution in [3.05, 3.63) is 64.5 Å². The molecule has 2 heterocycles. The summed E-state index contributed by atoms with van der Waals surface area (Å²) < 4.78 is 5.15. The summed E-state index contributed by atoms with van der Waals surface area (Å²) >= 11 is 7.39. The van der Waals surface area contributed by atoms with E-state index in [1.165, 1.54) is 22.5 Å². The van der Waals surface area contributed by atoms with Gasteiger partial charge in [0.2, 0.25) is 5.91 Å². The van der Waals surface area contributed by atoms with Crippen molar-refractivity contribution in [1.29, 1.82) is 0 Å². The van der Waals surface area contributed by atoms with E-state index in [0.717, 1.165) is 0 Å². The number of halogens is 1. The number of furan rings is 1. The lowest BCUT2D eigenvalue weighted by atomic mass is 10.3. The summed E-state index contributed by atoms with van der Waals surface area (Å²) in [5, 5.41) is 8.52. The summed E-state index contributed by atoms with van der Waals surface area (Å²) in [5.74, 6) is 0.0191.